The van der Waals surface area contributed by atoms with Gasteiger partial charge in [0, 0.05) is 37.1 Å². The number of hydrogen-bond donors (Lipinski definition) is 2. The molecule has 184 valence electrons. The molecule has 6 rings (SSSR count). The van der Waals surface area contributed by atoms with Gasteiger partial charge in [-0.3, -0.25) is 4.79 Å². The molecule has 0 bridgehead atoms. The average Bonchev–Trinajstić information content (AvgIpc) is 3.40. The van der Waals surface area contributed by atoms with Crippen LogP contribution in [0.15, 0.2) is 55.0 Å². The Morgan fingerprint density at radius 1 is 1.14 bits per heavy atom. The number of nitrogens with one attached hydrogen (secondary N) is 1. The van der Waals surface area contributed by atoms with Crippen molar-refractivity contribution in [3.05, 3.63) is 71.7 Å². The van der Waals surface area contributed by atoms with Crippen molar-refractivity contribution in [2.75, 3.05) is 30.3 Å². The van der Waals surface area contributed by atoms with Crippen LogP contribution in [0.3, 0.4) is 0 Å². The maximum absolute atomic E-state index is 13.1. The third-order valence-corrected chi connectivity index (χ3v) is 6.99. The first-order chi connectivity index (χ1) is 17.3. The number of anilines is 2. The number of halogens is 3. The molecule has 1 fully saturated rings. The molecule has 2 aromatic heterocycles. The predicted molar refractivity (Wildman–Crippen MR) is 130 cm³/mol. The lowest BCUT2D eigenvalue weighted by Crippen LogP contribution is -2.43. The molecule has 7 nitrogen and oxygen atoms in total. The van der Waals surface area contributed by atoms with E-state index in [2.05, 4.69) is 32.1 Å². The largest absolute Gasteiger partial charge is 0.416 e. The Balaban J connectivity index is 1.30. The zero-order valence-corrected chi connectivity index (χ0v) is 19.2. The third-order valence-electron chi connectivity index (χ3n) is 6.99. The first kappa shape index (κ1) is 22.5. The highest BCUT2D eigenvalue weighted by molar-refractivity contribution is 6.02. The molecule has 2 aromatic carbocycles. The van der Waals surface area contributed by atoms with Gasteiger partial charge in [-0.25, -0.2) is 9.97 Å². The molecule has 4 aromatic rings. The van der Waals surface area contributed by atoms with Crippen molar-refractivity contribution in [1.29, 1.82) is 0 Å². The summed E-state index contributed by atoms with van der Waals surface area (Å²) >= 11 is 0. The van der Waals surface area contributed by atoms with Crippen molar-refractivity contribution in [2.24, 2.45) is 0 Å². The standard InChI is InChI=1S/C26H23F3N6O/c27-26(28,29)18-3-1-2-15(8-18)9-22(36)34-7-6-17-10-16(4-5-21(17)34)20-13-35(19-11-31-12-19)25-23(20)24(30)32-14-33-25/h1-5,8,10,13-14,19,31H,6-7,9,11-12H2,(H2,30,32,33). The fourth-order valence-electron chi connectivity index (χ4n) is 5.03. The summed E-state index contributed by atoms with van der Waals surface area (Å²) in [7, 11) is 0. The van der Waals surface area contributed by atoms with Gasteiger partial charge in [-0.15, -0.1) is 0 Å². The molecule has 2 aliphatic heterocycles. The fourth-order valence-corrected chi connectivity index (χ4v) is 5.03. The molecule has 2 aliphatic rings. The zero-order valence-electron chi connectivity index (χ0n) is 19.2. The van der Waals surface area contributed by atoms with Gasteiger partial charge in [0.2, 0.25) is 5.91 Å². The highest BCUT2D eigenvalue weighted by atomic mass is 19.4. The summed E-state index contributed by atoms with van der Waals surface area (Å²) in [5.41, 5.74) is 10.3. The molecule has 0 unspecified atom stereocenters. The Bertz CT molecular complexity index is 1490. The van der Waals surface area contributed by atoms with Crippen molar-refractivity contribution < 1.29 is 18.0 Å². The molecule has 0 atom stereocenters. The molecule has 0 radical (unpaired) electrons. The van der Waals surface area contributed by atoms with Crippen LogP contribution in [0.5, 0.6) is 0 Å². The second-order valence-electron chi connectivity index (χ2n) is 9.23. The van der Waals surface area contributed by atoms with Gasteiger partial charge in [-0.2, -0.15) is 13.2 Å². The summed E-state index contributed by atoms with van der Waals surface area (Å²) in [6.07, 6.45) is -0.339. The van der Waals surface area contributed by atoms with Gasteiger partial charge in [0.1, 0.15) is 17.8 Å². The van der Waals surface area contributed by atoms with Crippen molar-refractivity contribution in [3.63, 3.8) is 0 Å². The van der Waals surface area contributed by atoms with E-state index in [1.807, 2.05) is 12.1 Å². The molecular formula is C26H23F3N6O. The van der Waals surface area contributed by atoms with Crippen LogP contribution in [0.2, 0.25) is 0 Å². The van der Waals surface area contributed by atoms with E-state index < -0.39 is 11.7 Å². The Labute approximate surface area is 204 Å². The third kappa shape index (κ3) is 3.78. The van der Waals surface area contributed by atoms with E-state index in [1.54, 1.807) is 11.0 Å². The van der Waals surface area contributed by atoms with E-state index >= 15 is 0 Å². The van der Waals surface area contributed by atoms with E-state index in [0.29, 0.717) is 30.4 Å². The first-order valence-electron chi connectivity index (χ1n) is 11.7. The number of carbonyl (C=O) groups excluding carboxylic acids is 1. The second-order valence-corrected chi connectivity index (χ2v) is 9.23. The van der Waals surface area contributed by atoms with Crippen LogP contribution in [-0.2, 0) is 23.8 Å². The van der Waals surface area contributed by atoms with Crippen LogP contribution in [0.4, 0.5) is 24.7 Å². The summed E-state index contributed by atoms with van der Waals surface area (Å²) in [5.74, 6) is 0.187. The quantitative estimate of drug-likeness (QED) is 0.450. The number of fused-ring (bicyclic) bond motifs is 2. The summed E-state index contributed by atoms with van der Waals surface area (Å²) in [6.45, 7) is 2.21. The van der Waals surface area contributed by atoms with E-state index in [1.165, 1.54) is 12.4 Å². The number of aromatic nitrogens is 3. The lowest BCUT2D eigenvalue weighted by atomic mass is 10.0. The highest BCUT2D eigenvalue weighted by Gasteiger charge is 2.31. The fraction of sp³-hybridized carbons (Fsp3) is 0.269. The topological polar surface area (TPSA) is 89.1 Å². The molecule has 1 amide bonds. The molecule has 0 aliphatic carbocycles. The first-order valence-corrected chi connectivity index (χ1v) is 11.7. The molecular weight excluding hydrogens is 469 g/mol. The van der Waals surface area contributed by atoms with Crippen LogP contribution in [-0.4, -0.2) is 40.1 Å². The molecule has 10 heteroatoms. The second kappa shape index (κ2) is 8.34. The van der Waals surface area contributed by atoms with E-state index in [0.717, 1.165) is 58.6 Å². The summed E-state index contributed by atoms with van der Waals surface area (Å²) in [4.78, 5) is 23.4. The monoisotopic (exact) mass is 492 g/mol. The van der Waals surface area contributed by atoms with Crippen LogP contribution < -0.4 is 16.0 Å². The number of nitrogens with two attached hydrogens (primary N) is 1. The van der Waals surface area contributed by atoms with Crippen LogP contribution >= 0.6 is 0 Å². The number of rotatable bonds is 4. The predicted octanol–water partition coefficient (Wildman–Crippen LogP) is 3.98. The average molecular weight is 493 g/mol. The number of carbonyl (C=O) groups is 1. The molecule has 0 spiro atoms. The highest BCUT2D eigenvalue weighted by Crippen LogP contribution is 2.38. The van der Waals surface area contributed by atoms with Gasteiger partial charge in [0.25, 0.3) is 0 Å². The van der Waals surface area contributed by atoms with Crippen molar-refractivity contribution in [3.8, 4) is 11.1 Å². The molecule has 0 saturated carbocycles. The number of hydrogen-bond acceptors (Lipinski definition) is 5. The van der Waals surface area contributed by atoms with E-state index in [4.69, 9.17) is 5.73 Å². The Kier molecular flexibility index (Phi) is 5.22. The van der Waals surface area contributed by atoms with Gasteiger partial charge >= 0.3 is 6.18 Å². The van der Waals surface area contributed by atoms with Gasteiger partial charge in [0.15, 0.2) is 0 Å². The lowest BCUT2D eigenvalue weighted by Gasteiger charge is -2.28. The van der Waals surface area contributed by atoms with Crippen molar-refractivity contribution >= 4 is 28.4 Å². The molecule has 4 heterocycles. The van der Waals surface area contributed by atoms with E-state index in [-0.39, 0.29) is 12.3 Å². The van der Waals surface area contributed by atoms with Crippen molar-refractivity contribution in [2.45, 2.75) is 25.1 Å². The number of nitrogens with zero attached hydrogens (tertiary/aromatic N) is 4. The van der Waals surface area contributed by atoms with E-state index in [9.17, 15) is 18.0 Å². The van der Waals surface area contributed by atoms with Crippen LogP contribution in [0.1, 0.15) is 22.7 Å². The number of amides is 1. The van der Waals surface area contributed by atoms with Gasteiger partial charge in [-0.1, -0.05) is 24.3 Å². The number of nitrogen functional groups attached to an aromatic ring is 1. The minimum absolute atomic E-state index is 0.0953. The van der Waals surface area contributed by atoms with Gasteiger partial charge < -0.3 is 20.5 Å². The molecule has 1 saturated heterocycles. The zero-order chi connectivity index (χ0) is 25.0. The minimum Gasteiger partial charge on any atom is -0.383 e. The summed E-state index contributed by atoms with van der Waals surface area (Å²) in [5, 5.41) is 4.08. The van der Waals surface area contributed by atoms with Crippen LogP contribution in [0, 0.1) is 0 Å². The van der Waals surface area contributed by atoms with Gasteiger partial charge in [-0.05, 0) is 41.3 Å². The van der Waals surface area contributed by atoms with Crippen molar-refractivity contribution in [1.82, 2.24) is 19.9 Å². The molecule has 36 heavy (non-hydrogen) atoms. The number of benzene rings is 2. The SMILES string of the molecule is Nc1ncnc2c1c(-c1ccc3c(c1)CCN3C(=O)Cc1cccc(C(F)(F)F)c1)cn2C1CNC1. The minimum atomic E-state index is -4.44. The lowest BCUT2D eigenvalue weighted by molar-refractivity contribution is -0.137. The normalized spacial score (nSPS) is 15.8. The summed E-state index contributed by atoms with van der Waals surface area (Å²) in [6, 6.07) is 11.1. The smallest absolute Gasteiger partial charge is 0.383 e. The Morgan fingerprint density at radius 2 is 1.97 bits per heavy atom. The maximum atomic E-state index is 13.1. The molecule has 3 N–H and O–H groups in total. The Hall–Kier alpha value is -3.92. The van der Waals surface area contributed by atoms with Gasteiger partial charge in [0.05, 0.1) is 23.4 Å². The number of alkyl halides is 3. The Morgan fingerprint density at radius 3 is 2.72 bits per heavy atom. The van der Waals surface area contributed by atoms with Crippen LogP contribution in [0.25, 0.3) is 22.2 Å². The summed E-state index contributed by atoms with van der Waals surface area (Å²) < 4.78 is 41.3. The maximum Gasteiger partial charge on any atom is 0.416 e.